The first kappa shape index (κ1) is 29.1. The van der Waals surface area contributed by atoms with Crippen molar-refractivity contribution < 1.29 is 37.1 Å². The van der Waals surface area contributed by atoms with Gasteiger partial charge in [-0.05, 0) is 36.8 Å². The van der Waals surface area contributed by atoms with Gasteiger partial charge in [0.2, 0.25) is 0 Å². The number of benzene rings is 2. The number of carbonyl (C=O) groups is 2. The number of para-hydroxylation sites is 1. The minimum absolute atomic E-state index is 0.00388. The lowest BCUT2D eigenvalue weighted by atomic mass is 10.1. The van der Waals surface area contributed by atoms with Crippen LogP contribution in [-0.4, -0.2) is 64.1 Å². The molecule has 3 aromatic rings. The maximum absolute atomic E-state index is 15.2. The van der Waals surface area contributed by atoms with Crippen molar-refractivity contribution in [2.24, 2.45) is 0 Å². The number of Topliss-reactive ketones (excluding diaryl/α,β-unsaturated/α-hetero) is 1. The van der Waals surface area contributed by atoms with Gasteiger partial charge in [0.05, 0.1) is 36.7 Å². The van der Waals surface area contributed by atoms with Crippen LogP contribution in [0.2, 0.25) is 0 Å². The van der Waals surface area contributed by atoms with Crippen molar-refractivity contribution in [3.63, 3.8) is 0 Å². The van der Waals surface area contributed by atoms with E-state index in [-0.39, 0.29) is 56.7 Å². The number of fused-ring (bicyclic) bond motifs is 1. The quantitative estimate of drug-likeness (QED) is 0.417. The van der Waals surface area contributed by atoms with Crippen LogP contribution in [-0.2, 0) is 32.2 Å². The summed E-state index contributed by atoms with van der Waals surface area (Å²) >= 11 is 0. The lowest BCUT2D eigenvalue weighted by Gasteiger charge is -2.23. The standard InChI is InChI=1S/C25H24F3N5O5.CO2/c26-19-14-17(30-15-18(38-25(30)37)7-9-21(34)22(27)28)6-8-20(19)29-10-12-31-23(35)33(16-4-2-1-3-5-16)24(36)32(31)13-11-29;2-1-3/h1-6,8,14,18,22H,7,9-13,15H2;/t18-;/m0./s1. The number of amides is 1. The number of anilines is 2. The van der Waals surface area contributed by atoms with Gasteiger partial charge in [-0.2, -0.15) is 9.59 Å². The first-order valence-electron chi connectivity index (χ1n) is 12.5. The van der Waals surface area contributed by atoms with Gasteiger partial charge in [-0.1, -0.05) is 18.2 Å². The van der Waals surface area contributed by atoms with Crippen LogP contribution in [0.25, 0.3) is 5.69 Å². The van der Waals surface area contributed by atoms with E-state index in [0.29, 0.717) is 5.69 Å². The van der Waals surface area contributed by atoms with Gasteiger partial charge >= 0.3 is 23.6 Å². The van der Waals surface area contributed by atoms with Crippen LogP contribution in [0.1, 0.15) is 12.8 Å². The van der Waals surface area contributed by atoms with Crippen molar-refractivity contribution in [2.75, 3.05) is 29.4 Å². The zero-order chi connectivity index (χ0) is 29.7. The van der Waals surface area contributed by atoms with Crippen LogP contribution in [0.15, 0.2) is 58.1 Å². The topological polar surface area (TPSA) is 133 Å². The molecular weight excluding hydrogens is 551 g/mol. The minimum Gasteiger partial charge on any atom is -0.444 e. The number of hydrogen-bond donors (Lipinski definition) is 0. The summed E-state index contributed by atoms with van der Waals surface area (Å²) in [5.74, 6) is -1.84. The smallest absolute Gasteiger partial charge is 0.414 e. The number of ketones is 1. The number of nitrogens with zero attached hydrogens (tertiary/aromatic N) is 5. The van der Waals surface area contributed by atoms with Gasteiger partial charge in [0.25, 0.3) is 6.43 Å². The second-order valence-electron chi connectivity index (χ2n) is 9.11. The lowest BCUT2D eigenvalue weighted by molar-refractivity contribution is -0.191. The number of rotatable bonds is 7. The Hall–Kier alpha value is -4.91. The molecular formula is C26H24F3N5O7. The molecule has 1 saturated heterocycles. The molecule has 0 bridgehead atoms. The summed E-state index contributed by atoms with van der Waals surface area (Å²) in [5, 5.41) is 0. The van der Waals surface area contributed by atoms with Gasteiger partial charge in [0.15, 0.2) is 5.78 Å². The molecule has 1 fully saturated rings. The van der Waals surface area contributed by atoms with E-state index < -0.39 is 48.0 Å². The van der Waals surface area contributed by atoms with E-state index >= 15 is 4.39 Å². The largest absolute Gasteiger partial charge is 0.444 e. The zero-order valence-electron chi connectivity index (χ0n) is 21.5. The highest BCUT2D eigenvalue weighted by Gasteiger charge is 2.34. The van der Waals surface area contributed by atoms with Crippen LogP contribution >= 0.6 is 0 Å². The maximum Gasteiger partial charge on any atom is 0.414 e. The molecule has 3 heterocycles. The highest BCUT2D eigenvalue weighted by atomic mass is 19.3. The summed E-state index contributed by atoms with van der Waals surface area (Å²) in [4.78, 5) is 68.5. The van der Waals surface area contributed by atoms with E-state index in [2.05, 4.69) is 0 Å². The fourth-order valence-corrected chi connectivity index (χ4v) is 4.75. The summed E-state index contributed by atoms with van der Waals surface area (Å²) in [7, 11) is 0. The van der Waals surface area contributed by atoms with Gasteiger partial charge in [0.1, 0.15) is 11.9 Å². The second-order valence-corrected chi connectivity index (χ2v) is 9.11. The molecule has 1 aromatic heterocycles. The Morgan fingerprint density at radius 2 is 1.54 bits per heavy atom. The SMILES string of the molecule is O=C(CC[C@H]1CN(c2ccc(N3CCn4c(=O)n(-c5ccccc5)c(=O)n4CC3)c(F)c2)C(=O)O1)C(F)F.O=C=O. The average molecular weight is 576 g/mol. The summed E-state index contributed by atoms with van der Waals surface area (Å²) in [6, 6.07) is 12.8. The Morgan fingerprint density at radius 1 is 0.927 bits per heavy atom. The molecule has 15 heteroatoms. The first-order chi connectivity index (χ1) is 19.7. The van der Waals surface area contributed by atoms with Crippen molar-refractivity contribution in [3.05, 3.63) is 75.3 Å². The molecule has 41 heavy (non-hydrogen) atoms. The van der Waals surface area contributed by atoms with Gasteiger partial charge < -0.3 is 9.64 Å². The average Bonchev–Trinajstić information content (AvgIpc) is 3.32. The van der Waals surface area contributed by atoms with E-state index in [9.17, 15) is 28.0 Å². The fourth-order valence-electron chi connectivity index (χ4n) is 4.75. The zero-order valence-corrected chi connectivity index (χ0v) is 21.5. The van der Waals surface area contributed by atoms with E-state index in [0.717, 1.165) is 4.57 Å². The van der Waals surface area contributed by atoms with Crippen LogP contribution in [0.4, 0.5) is 29.3 Å². The molecule has 2 aliphatic heterocycles. The Labute approximate surface area is 229 Å². The number of hydrogen-bond acceptors (Lipinski definition) is 8. The molecule has 2 aliphatic rings. The molecule has 1 amide bonds. The number of ether oxygens (including phenoxy) is 1. The van der Waals surface area contributed by atoms with Gasteiger partial charge in [-0.15, -0.1) is 0 Å². The van der Waals surface area contributed by atoms with Crippen LogP contribution in [0.5, 0.6) is 0 Å². The summed E-state index contributed by atoms with van der Waals surface area (Å²) < 4.78 is 49.0. The van der Waals surface area contributed by atoms with E-state index in [1.807, 2.05) is 0 Å². The minimum atomic E-state index is -3.07. The molecule has 1 atom stereocenters. The predicted octanol–water partition coefficient (Wildman–Crippen LogP) is 1.82. The van der Waals surface area contributed by atoms with Crippen molar-refractivity contribution in [2.45, 2.75) is 38.5 Å². The second kappa shape index (κ2) is 12.5. The third-order valence-electron chi connectivity index (χ3n) is 6.71. The van der Waals surface area contributed by atoms with Crippen LogP contribution in [0, 0.1) is 5.82 Å². The molecule has 0 aliphatic carbocycles. The van der Waals surface area contributed by atoms with Gasteiger partial charge in [-0.3, -0.25) is 9.69 Å². The van der Waals surface area contributed by atoms with Gasteiger partial charge in [0, 0.05) is 19.5 Å². The van der Waals surface area contributed by atoms with Crippen LogP contribution in [0.3, 0.4) is 0 Å². The van der Waals surface area contributed by atoms with Crippen molar-refractivity contribution in [1.29, 1.82) is 0 Å². The first-order valence-corrected chi connectivity index (χ1v) is 12.5. The summed E-state index contributed by atoms with van der Waals surface area (Å²) in [5.41, 5.74) is -0.0191. The number of alkyl halides is 2. The fraction of sp³-hybridized carbons (Fsp3) is 0.346. The monoisotopic (exact) mass is 575 g/mol. The third-order valence-corrected chi connectivity index (χ3v) is 6.71. The Morgan fingerprint density at radius 3 is 2.10 bits per heavy atom. The molecule has 0 N–H and O–H groups in total. The van der Waals surface area contributed by atoms with Crippen molar-refractivity contribution in [1.82, 2.24) is 13.9 Å². The highest BCUT2D eigenvalue weighted by Crippen LogP contribution is 2.29. The molecule has 12 nitrogen and oxygen atoms in total. The highest BCUT2D eigenvalue weighted by molar-refractivity contribution is 5.90. The molecule has 0 spiro atoms. The number of carbonyl (C=O) groups excluding carboxylic acids is 4. The summed E-state index contributed by atoms with van der Waals surface area (Å²) in [6.07, 6.45) is -4.81. The Balaban J connectivity index is 0.00000124. The number of aromatic nitrogens is 3. The lowest BCUT2D eigenvalue weighted by Crippen LogP contribution is -2.33. The molecule has 5 rings (SSSR count). The molecule has 216 valence electrons. The number of cyclic esters (lactones) is 1. The Bertz CT molecular complexity index is 1540. The molecule has 0 unspecified atom stereocenters. The normalized spacial score (nSPS) is 16.4. The van der Waals surface area contributed by atoms with Crippen molar-refractivity contribution >= 4 is 29.4 Å². The van der Waals surface area contributed by atoms with Crippen molar-refractivity contribution in [3.8, 4) is 5.69 Å². The van der Waals surface area contributed by atoms with E-state index in [4.69, 9.17) is 14.3 Å². The summed E-state index contributed by atoms with van der Waals surface area (Å²) in [6.45, 7) is 0.851. The van der Waals surface area contributed by atoms with E-state index in [1.54, 1.807) is 35.2 Å². The molecule has 0 radical (unpaired) electrons. The number of halogens is 3. The third kappa shape index (κ3) is 6.14. The molecule has 0 saturated carbocycles. The van der Waals surface area contributed by atoms with Crippen LogP contribution < -0.4 is 21.2 Å². The van der Waals surface area contributed by atoms with E-state index in [1.165, 1.54) is 32.5 Å². The Kier molecular flexibility index (Phi) is 8.87. The maximum atomic E-state index is 15.2. The molecule has 2 aromatic carbocycles. The van der Waals surface area contributed by atoms with Gasteiger partial charge in [-0.25, -0.2) is 41.5 Å². The predicted molar refractivity (Wildman–Crippen MR) is 136 cm³/mol.